The molecule has 0 aliphatic heterocycles. The van der Waals surface area contributed by atoms with Crippen LogP contribution in [0.4, 0.5) is 17.1 Å². The number of rotatable bonds is 3. The first kappa shape index (κ1) is 30.7. The summed E-state index contributed by atoms with van der Waals surface area (Å²) in [6, 6.07) is 70.7. The van der Waals surface area contributed by atoms with Crippen molar-refractivity contribution in [1.82, 2.24) is 0 Å². The molecule has 0 radical (unpaired) electrons. The maximum absolute atomic E-state index is 2.48. The Labute approximate surface area is 321 Å². The van der Waals surface area contributed by atoms with Crippen LogP contribution < -0.4 is 4.90 Å². The normalized spacial score (nSPS) is 14.7. The zero-order valence-electron chi connectivity index (χ0n) is 30.8. The molecule has 258 valence electrons. The zero-order valence-corrected chi connectivity index (χ0v) is 30.8. The van der Waals surface area contributed by atoms with Crippen molar-refractivity contribution < 1.29 is 0 Å². The Balaban J connectivity index is 1.11. The lowest BCUT2D eigenvalue weighted by Gasteiger charge is -2.31. The number of benzene rings is 9. The van der Waals surface area contributed by atoms with Gasteiger partial charge >= 0.3 is 0 Å². The molecular formula is C54H37N. The summed E-state index contributed by atoms with van der Waals surface area (Å²) in [6.45, 7) is 4.74. The molecule has 0 bridgehead atoms. The lowest BCUT2D eigenvalue weighted by atomic mass is 9.70. The summed E-state index contributed by atoms with van der Waals surface area (Å²) in [4.78, 5) is 2.48. The van der Waals surface area contributed by atoms with Crippen molar-refractivity contribution >= 4 is 38.6 Å². The summed E-state index contributed by atoms with van der Waals surface area (Å²) >= 11 is 0. The van der Waals surface area contributed by atoms with Gasteiger partial charge in [-0.1, -0.05) is 166 Å². The number of fused-ring (bicyclic) bond motifs is 16. The van der Waals surface area contributed by atoms with Crippen LogP contribution in [0.2, 0.25) is 0 Å². The Kier molecular flexibility index (Phi) is 6.11. The molecule has 0 saturated heterocycles. The first-order chi connectivity index (χ1) is 27.0. The van der Waals surface area contributed by atoms with E-state index in [-0.39, 0.29) is 10.8 Å². The van der Waals surface area contributed by atoms with Gasteiger partial charge in [0.25, 0.3) is 0 Å². The van der Waals surface area contributed by atoms with E-state index >= 15 is 0 Å². The molecule has 0 aromatic heterocycles. The van der Waals surface area contributed by atoms with Crippen molar-refractivity contribution in [3.63, 3.8) is 0 Å². The molecule has 0 unspecified atom stereocenters. The molecule has 55 heavy (non-hydrogen) atoms. The van der Waals surface area contributed by atoms with E-state index in [1.54, 1.807) is 0 Å². The molecule has 0 fully saturated rings. The van der Waals surface area contributed by atoms with E-state index in [0.29, 0.717) is 0 Å². The quantitative estimate of drug-likeness (QED) is 0.166. The summed E-state index contributed by atoms with van der Waals surface area (Å²) in [5, 5.41) is 5.06. The Bertz CT molecular complexity index is 3040. The summed E-state index contributed by atoms with van der Waals surface area (Å²) < 4.78 is 0. The van der Waals surface area contributed by atoms with Crippen LogP contribution in [0.3, 0.4) is 0 Å². The fourth-order valence-corrected chi connectivity index (χ4v) is 10.6. The van der Waals surface area contributed by atoms with Gasteiger partial charge in [0.15, 0.2) is 0 Å². The molecule has 0 N–H and O–H groups in total. The Hall–Kier alpha value is -6.70. The standard InChI is InChI=1S/C54H37N/c1-53(2)47-19-9-5-15-41(47)45-29-26-38(33-52(45)53)55(36-25-28-40-35(31-36)24-23-34-13-3-4-14-39(34)40)37-27-30-51-46(32-37)44-18-8-12-22-50(44)54(51)48-20-10-6-16-42(48)43-17-7-11-21-49(43)54/h3-33H,1-2H3. The lowest BCUT2D eigenvalue weighted by molar-refractivity contribution is 0.660. The van der Waals surface area contributed by atoms with Gasteiger partial charge in [-0.25, -0.2) is 0 Å². The molecule has 1 nitrogen and oxygen atoms in total. The van der Waals surface area contributed by atoms with E-state index in [1.807, 2.05) is 0 Å². The predicted octanol–water partition coefficient (Wildman–Crippen LogP) is 14.1. The minimum atomic E-state index is -0.365. The van der Waals surface area contributed by atoms with Gasteiger partial charge in [0.1, 0.15) is 0 Å². The van der Waals surface area contributed by atoms with Gasteiger partial charge in [0, 0.05) is 22.5 Å². The van der Waals surface area contributed by atoms with Gasteiger partial charge in [-0.15, -0.1) is 0 Å². The molecule has 0 atom stereocenters. The van der Waals surface area contributed by atoms with Crippen molar-refractivity contribution in [3.05, 3.63) is 221 Å². The van der Waals surface area contributed by atoms with Crippen molar-refractivity contribution in [1.29, 1.82) is 0 Å². The van der Waals surface area contributed by atoms with Crippen LogP contribution in [-0.4, -0.2) is 0 Å². The highest BCUT2D eigenvalue weighted by Crippen LogP contribution is 2.63. The second-order valence-corrected chi connectivity index (χ2v) is 16.0. The van der Waals surface area contributed by atoms with E-state index in [4.69, 9.17) is 0 Å². The molecule has 1 spiro atoms. The van der Waals surface area contributed by atoms with Crippen molar-refractivity contribution in [2.24, 2.45) is 0 Å². The van der Waals surface area contributed by atoms with Crippen LogP contribution in [-0.2, 0) is 10.8 Å². The smallest absolute Gasteiger partial charge is 0.0725 e. The fraction of sp³-hybridized carbons (Fsp3) is 0.0741. The van der Waals surface area contributed by atoms with Gasteiger partial charge in [-0.2, -0.15) is 0 Å². The zero-order chi connectivity index (χ0) is 36.5. The molecule has 1 heteroatoms. The van der Waals surface area contributed by atoms with Crippen LogP contribution in [0.5, 0.6) is 0 Å². The molecule has 0 amide bonds. The van der Waals surface area contributed by atoms with Gasteiger partial charge < -0.3 is 4.90 Å². The molecule has 3 aliphatic carbocycles. The highest BCUT2D eigenvalue weighted by Gasteiger charge is 2.51. The largest absolute Gasteiger partial charge is 0.310 e. The third-order valence-electron chi connectivity index (χ3n) is 13.1. The van der Waals surface area contributed by atoms with Crippen molar-refractivity contribution in [3.8, 4) is 33.4 Å². The molecule has 0 heterocycles. The molecule has 12 rings (SSSR count). The van der Waals surface area contributed by atoms with E-state index in [2.05, 4.69) is 207 Å². The minimum Gasteiger partial charge on any atom is -0.310 e. The third kappa shape index (κ3) is 3.97. The van der Waals surface area contributed by atoms with Crippen LogP contribution in [0.15, 0.2) is 188 Å². The minimum absolute atomic E-state index is 0.109. The van der Waals surface area contributed by atoms with Gasteiger partial charge in [0.2, 0.25) is 0 Å². The Morgan fingerprint density at radius 1 is 0.309 bits per heavy atom. The van der Waals surface area contributed by atoms with Crippen LogP contribution >= 0.6 is 0 Å². The van der Waals surface area contributed by atoms with Gasteiger partial charge in [-0.3, -0.25) is 0 Å². The average Bonchev–Trinajstić information content (AvgIpc) is 3.79. The SMILES string of the molecule is CC1(C)c2ccccc2-c2ccc(N(c3ccc4c(c3)-c3ccccc3C43c4ccccc4-c4ccccc43)c3ccc4c(ccc5ccccc54)c3)cc21. The maximum Gasteiger partial charge on any atom is 0.0725 e. The predicted molar refractivity (Wildman–Crippen MR) is 230 cm³/mol. The lowest BCUT2D eigenvalue weighted by Crippen LogP contribution is -2.25. The van der Waals surface area contributed by atoms with Crippen LogP contribution in [0.25, 0.3) is 54.9 Å². The van der Waals surface area contributed by atoms with E-state index < -0.39 is 0 Å². The second-order valence-electron chi connectivity index (χ2n) is 16.0. The summed E-state index contributed by atoms with van der Waals surface area (Å²) in [6.07, 6.45) is 0. The molecule has 9 aromatic rings. The first-order valence-electron chi connectivity index (χ1n) is 19.4. The van der Waals surface area contributed by atoms with E-state index in [1.165, 1.54) is 88.3 Å². The number of nitrogens with zero attached hydrogens (tertiary/aromatic N) is 1. The summed E-state index contributed by atoms with van der Waals surface area (Å²) in [5.41, 5.74) is 19.1. The second kappa shape index (κ2) is 10.9. The summed E-state index contributed by atoms with van der Waals surface area (Å²) in [7, 11) is 0. The fourth-order valence-electron chi connectivity index (χ4n) is 10.6. The van der Waals surface area contributed by atoms with Crippen molar-refractivity contribution in [2.45, 2.75) is 24.7 Å². The molecule has 9 aromatic carbocycles. The molecular weight excluding hydrogens is 663 g/mol. The molecule has 3 aliphatic rings. The molecule has 0 saturated carbocycles. The summed E-state index contributed by atoms with van der Waals surface area (Å²) in [5.74, 6) is 0. The van der Waals surface area contributed by atoms with E-state index in [0.717, 1.165) is 17.1 Å². The van der Waals surface area contributed by atoms with Crippen molar-refractivity contribution in [2.75, 3.05) is 4.90 Å². The van der Waals surface area contributed by atoms with Gasteiger partial charge in [-0.05, 0) is 125 Å². The Morgan fingerprint density at radius 3 is 1.47 bits per heavy atom. The number of hydrogen-bond donors (Lipinski definition) is 0. The van der Waals surface area contributed by atoms with Gasteiger partial charge in [0.05, 0.1) is 5.41 Å². The number of anilines is 3. The van der Waals surface area contributed by atoms with E-state index in [9.17, 15) is 0 Å². The van der Waals surface area contributed by atoms with Crippen LogP contribution in [0.1, 0.15) is 47.2 Å². The highest BCUT2D eigenvalue weighted by atomic mass is 15.1. The average molecular weight is 700 g/mol. The third-order valence-corrected chi connectivity index (χ3v) is 13.1. The maximum atomic E-state index is 2.48. The highest BCUT2D eigenvalue weighted by molar-refractivity contribution is 6.09. The topological polar surface area (TPSA) is 3.24 Å². The van der Waals surface area contributed by atoms with Crippen LogP contribution in [0, 0.1) is 0 Å². The number of hydrogen-bond acceptors (Lipinski definition) is 1. The first-order valence-corrected chi connectivity index (χ1v) is 19.4. The monoisotopic (exact) mass is 699 g/mol. The Morgan fingerprint density at radius 2 is 0.764 bits per heavy atom.